The largest absolute Gasteiger partial charge is 0.462 e. The van der Waals surface area contributed by atoms with Crippen LogP contribution in [0.5, 0.6) is 0 Å². The number of esters is 1. The second-order valence-electron chi connectivity index (χ2n) is 6.00. The highest BCUT2D eigenvalue weighted by molar-refractivity contribution is 7.16. The summed E-state index contributed by atoms with van der Waals surface area (Å²) in [6, 6.07) is 8.60. The van der Waals surface area contributed by atoms with Gasteiger partial charge in [-0.25, -0.2) is 9.48 Å². The number of ether oxygens (including phenoxy) is 1. The molecule has 0 spiro atoms. The lowest BCUT2D eigenvalue weighted by molar-refractivity contribution is 0.0528. The number of benzene rings is 1. The predicted molar refractivity (Wildman–Crippen MR) is 109 cm³/mol. The quantitative estimate of drug-likeness (QED) is 0.641. The fraction of sp³-hybridized carbons (Fsp3) is 0.300. The highest BCUT2D eigenvalue weighted by atomic mass is 32.1. The van der Waals surface area contributed by atoms with Crippen molar-refractivity contribution in [2.45, 2.75) is 33.7 Å². The Hall–Kier alpha value is -3.00. The van der Waals surface area contributed by atoms with E-state index in [2.05, 4.69) is 10.4 Å². The van der Waals surface area contributed by atoms with Gasteiger partial charge < -0.3 is 10.1 Å². The molecule has 3 rings (SSSR count). The van der Waals surface area contributed by atoms with E-state index >= 15 is 0 Å². The summed E-state index contributed by atoms with van der Waals surface area (Å²) >= 11 is 1.33. The lowest BCUT2D eigenvalue weighted by atomic mass is 10.1. The second-order valence-corrected chi connectivity index (χ2v) is 7.14. The minimum atomic E-state index is -0.481. The average Bonchev–Trinajstić information content (AvgIpc) is 3.11. The standard InChI is InChI=1S/C20H21N3O4S/c1-4-12-11-15(20(26)27-6-3)18(28-12)21-17(24)16-13-9-7-8-10-14(13)19(25)23(5-2)22-16/h7-11H,4-6H2,1-3H3,(H,21,24). The number of nitrogens with one attached hydrogen (secondary N) is 1. The molecule has 2 aromatic heterocycles. The van der Waals surface area contributed by atoms with E-state index in [0.29, 0.717) is 27.9 Å². The minimum absolute atomic E-state index is 0.137. The molecular formula is C20H21N3O4S. The van der Waals surface area contributed by atoms with Crippen LogP contribution in [-0.4, -0.2) is 28.3 Å². The maximum Gasteiger partial charge on any atom is 0.341 e. The number of carbonyl (C=O) groups is 2. The maximum atomic E-state index is 13.0. The van der Waals surface area contributed by atoms with Crippen LogP contribution in [0.1, 0.15) is 46.5 Å². The molecule has 28 heavy (non-hydrogen) atoms. The number of amides is 1. The molecule has 0 bridgehead atoms. The molecular weight excluding hydrogens is 378 g/mol. The third kappa shape index (κ3) is 3.68. The number of hydrogen-bond acceptors (Lipinski definition) is 6. The molecule has 8 heteroatoms. The summed E-state index contributed by atoms with van der Waals surface area (Å²) in [5, 5.41) is 8.33. The number of nitrogens with zero attached hydrogens (tertiary/aromatic N) is 2. The molecule has 1 N–H and O–H groups in total. The zero-order valence-corrected chi connectivity index (χ0v) is 16.8. The van der Waals surface area contributed by atoms with Gasteiger partial charge in [-0.3, -0.25) is 9.59 Å². The summed E-state index contributed by atoms with van der Waals surface area (Å²) in [6.45, 7) is 6.08. The molecule has 2 heterocycles. The first-order valence-corrected chi connectivity index (χ1v) is 9.92. The van der Waals surface area contributed by atoms with Crippen molar-refractivity contribution in [1.82, 2.24) is 9.78 Å². The van der Waals surface area contributed by atoms with Gasteiger partial charge in [0, 0.05) is 16.8 Å². The van der Waals surface area contributed by atoms with Gasteiger partial charge in [0.2, 0.25) is 0 Å². The topological polar surface area (TPSA) is 90.3 Å². The first kappa shape index (κ1) is 19.8. The van der Waals surface area contributed by atoms with Crippen molar-refractivity contribution in [3.63, 3.8) is 0 Å². The monoisotopic (exact) mass is 399 g/mol. The molecule has 0 radical (unpaired) electrons. The average molecular weight is 399 g/mol. The Morgan fingerprint density at radius 3 is 2.54 bits per heavy atom. The van der Waals surface area contributed by atoms with Crippen molar-refractivity contribution >= 4 is 39.0 Å². The number of aryl methyl sites for hydroxylation is 2. The summed E-state index contributed by atoms with van der Waals surface area (Å²) < 4.78 is 6.35. The van der Waals surface area contributed by atoms with Crippen molar-refractivity contribution in [3.8, 4) is 0 Å². The van der Waals surface area contributed by atoms with E-state index in [1.165, 1.54) is 16.0 Å². The van der Waals surface area contributed by atoms with Crippen molar-refractivity contribution in [2.75, 3.05) is 11.9 Å². The van der Waals surface area contributed by atoms with Crippen LogP contribution in [0.3, 0.4) is 0 Å². The van der Waals surface area contributed by atoms with Crippen LogP contribution in [0, 0.1) is 0 Å². The normalized spacial score (nSPS) is 10.8. The predicted octanol–water partition coefficient (Wildman–Crippen LogP) is 3.47. The molecule has 3 aromatic rings. The number of carbonyl (C=O) groups excluding carboxylic acids is 2. The van der Waals surface area contributed by atoms with Crippen LogP contribution in [0.4, 0.5) is 5.00 Å². The van der Waals surface area contributed by atoms with Gasteiger partial charge in [0.25, 0.3) is 11.5 Å². The molecule has 0 saturated heterocycles. The Morgan fingerprint density at radius 2 is 1.89 bits per heavy atom. The Morgan fingerprint density at radius 1 is 1.18 bits per heavy atom. The number of fused-ring (bicyclic) bond motifs is 1. The van der Waals surface area contributed by atoms with E-state index in [4.69, 9.17) is 4.74 Å². The lowest BCUT2D eigenvalue weighted by Gasteiger charge is -2.10. The lowest BCUT2D eigenvalue weighted by Crippen LogP contribution is -2.27. The zero-order chi connectivity index (χ0) is 20.3. The van der Waals surface area contributed by atoms with E-state index in [1.807, 2.05) is 6.92 Å². The van der Waals surface area contributed by atoms with E-state index < -0.39 is 11.9 Å². The molecule has 1 aromatic carbocycles. The molecule has 1 amide bonds. The van der Waals surface area contributed by atoms with Crippen LogP contribution < -0.4 is 10.9 Å². The summed E-state index contributed by atoms with van der Waals surface area (Å²) in [4.78, 5) is 38.7. The first-order valence-electron chi connectivity index (χ1n) is 9.11. The third-order valence-electron chi connectivity index (χ3n) is 4.24. The third-order valence-corrected chi connectivity index (χ3v) is 5.43. The smallest absolute Gasteiger partial charge is 0.341 e. The molecule has 0 fully saturated rings. The number of anilines is 1. The fourth-order valence-electron chi connectivity index (χ4n) is 2.85. The van der Waals surface area contributed by atoms with Gasteiger partial charge in [-0.1, -0.05) is 25.1 Å². The molecule has 146 valence electrons. The Balaban J connectivity index is 2.05. The van der Waals surface area contributed by atoms with Crippen molar-refractivity contribution in [3.05, 3.63) is 56.8 Å². The molecule has 0 unspecified atom stereocenters. The Labute approximate surface area is 165 Å². The minimum Gasteiger partial charge on any atom is -0.462 e. The first-order chi connectivity index (χ1) is 13.5. The van der Waals surface area contributed by atoms with Crippen molar-refractivity contribution in [1.29, 1.82) is 0 Å². The van der Waals surface area contributed by atoms with Crippen LogP contribution in [0.15, 0.2) is 35.1 Å². The van der Waals surface area contributed by atoms with Crippen LogP contribution in [0.25, 0.3) is 10.8 Å². The summed E-state index contributed by atoms with van der Waals surface area (Å²) in [5.41, 5.74) is 0.217. The number of rotatable bonds is 6. The maximum absolute atomic E-state index is 13.0. The summed E-state index contributed by atoms with van der Waals surface area (Å²) in [5.74, 6) is -0.960. The summed E-state index contributed by atoms with van der Waals surface area (Å²) in [6.07, 6.45) is 0.731. The van der Waals surface area contributed by atoms with Gasteiger partial charge in [-0.15, -0.1) is 11.3 Å². The van der Waals surface area contributed by atoms with Crippen LogP contribution >= 0.6 is 11.3 Å². The van der Waals surface area contributed by atoms with E-state index in [1.54, 1.807) is 44.2 Å². The SMILES string of the molecule is CCOC(=O)c1cc(CC)sc1NC(=O)c1nn(CC)c(=O)c2ccccc12. The highest BCUT2D eigenvalue weighted by Gasteiger charge is 2.22. The van der Waals surface area contributed by atoms with Crippen LogP contribution in [-0.2, 0) is 17.7 Å². The van der Waals surface area contributed by atoms with Gasteiger partial charge in [-0.2, -0.15) is 5.10 Å². The van der Waals surface area contributed by atoms with Gasteiger partial charge in [0.15, 0.2) is 5.69 Å². The van der Waals surface area contributed by atoms with Gasteiger partial charge in [0.1, 0.15) is 5.00 Å². The Kier molecular flexibility index (Phi) is 5.89. The number of thiophene rings is 1. The number of aromatic nitrogens is 2. The second kappa shape index (κ2) is 8.35. The highest BCUT2D eigenvalue weighted by Crippen LogP contribution is 2.30. The zero-order valence-electron chi connectivity index (χ0n) is 15.9. The van der Waals surface area contributed by atoms with E-state index in [-0.39, 0.29) is 17.9 Å². The van der Waals surface area contributed by atoms with Gasteiger partial charge in [-0.05, 0) is 32.4 Å². The molecule has 0 atom stereocenters. The molecule has 0 aliphatic carbocycles. The molecule has 0 aliphatic heterocycles. The van der Waals surface area contributed by atoms with Gasteiger partial charge >= 0.3 is 5.97 Å². The van der Waals surface area contributed by atoms with Gasteiger partial charge in [0.05, 0.1) is 17.6 Å². The molecule has 0 aliphatic rings. The van der Waals surface area contributed by atoms with Crippen LogP contribution in [0.2, 0.25) is 0 Å². The summed E-state index contributed by atoms with van der Waals surface area (Å²) in [7, 11) is 0. The van der Waals surface area contributed by atoms with E-state index in [9.17, 15) is 14.4 Å². The fourth-order valence-corrected chi connectivity index (χ4v) is 3.83. The molecule has 7 nitrogen and oxygen atoms in total. The van der Waals surface area contributed by atoms with E-state index in [0.717, 1.165) is 11.3 Å². The van der Waals surface area contributed by atoms with Crippen molar-refractivity contribution < 1.29 is 14.3 Å². The number of hydrogen-bond donors (Lipinski definition) is 1. The Bertz CT molecular complexity index is 1100. The molecule has 0 saturated carbocycles. The van der Waals surface area contributed by atoms with Crippen molar-refractivity contribution in [2.24, 2.45) is 0 Å².